The van der Waals surface area contributed by atoms with Crippen molar-refractivity contribution in [2.45, 2.75) is 65.0 Å². The van der Waals surface area contributed by atoms with Gasteiger partial charge in [-0.2, -0.15) is 0 Å². The minimum atomic E-state index is 0.350. The van der Waals surface area contributed by atoms with Gasteiger partial charge in [-0.1, -0.05) is 26.7 Å². The number of pyridine rings is 1. The highest BCUT2D eigenvalue weighted by atomic mass is 15.3. The lowest BCUT2D eigenvalue weighted by molar-refractivity contribution is 0.245. The molecule has 116 valence electrons. The number of nitrogens with zero attached hydrogens (tertiary/aromatic N) is 2. The van der Waals surface area contributed by atoms with E-state index in [0.717, 1.165) is 18.8 Å². The standard InChI is InChI=1S/C18H29N3/c1-13(2)17-11-19-18(9-5-6-10-18)12-21(17)16-8-7-14(3)20-15(16)4/h7-8,13,17,19H,5-6,9-12H2,1-4H3. The van der Waals surface area contributed by atoms with Gasteiger partial charge in [-0.3, -0.25) is 4.98 Å². The summed E-state index contributed by atoms with van der Waals surface area (Å²) in [5.74, 6) is 0.650. The normalized spacial score (nSPS) is 25.0. The summed E-state index contributed by atoms with van der Waals surface area (Å²) in [6.45, 7) is 11.1. The summed E-state index contributed by atoms with van der Waals surface area (Å²) in [7, 11) is 0. The molecule has 1 aliphatic heterocycles. The topological polar surface area (TPSA) is 28.2 Å². The average molecular weight is 287 g/mol. The molecule has 1 aromatic rings. The number of aromatic nitrogens is 1. The lowest BCUT2D eigenvalue weighted by atomic mass is 9.88. The first-order chi connectivity index (χ1) is 10.0. The smallest absolute Gasteiger partial charge is 0.0609 e. The minimum Gasteiger partial charge on any atom is -0.364 e. The number of aryl methyl sites for hydroxylation is 2. The van der Waals surface area contributed by atoms with Crippen molar-refractivity contribution in [1.29, 1.82) is 0 Å². The van der Waals surface area contributed by atoms with Gasteiger partial charge in [0.05, 0.1) is 11.4 Å². The second kappa shape index (κ2) is 5.60. The Morgan fingerprint density at radius 1 is 1.24 bits per heavy atom. The van der Waals surface area contributed by atoms with Crippen LogP contribution in [0.2, 0.25) is 0 Å². The number of hydrogen-bond donors (Lipinski definition) is 1. The van der Waals surface area contributed by atoms with Crippen LogP contribution in [0.25, 0.3) is 0 Å². The summed E-state index contributed by atoms with van der Waals surface area (Å²) < 4.78 is 0. The van der Waals surface area contributed by atoms with Gasteiger partial charge in [0, 0.05) is 30.4 Å². The van der Waals surface area contributed by atoms with Gasteiger partial charge in [0.1, 0.15) is 0 Å². The fraction of sp³-hybridized carbons (Fsp3) is 0.722. The SMILES string of the molecule is Cc1ccc(N2CC3(CCCC3)NCC2C(C)C)c(C)n1. The molecule has 0 radical (unpaired) electrons. The van der Waals surface area contributed by atoms with E-state index in [4.69, 9.17) is 4.98 Å². The molecule has 1 saturated heterocycles. The number of hydrogen-bond acceptors (Lipinski definition) is 3. The highest BCUT2D eigenvalue weighted by molar-refractivity contribution is 5.53. The van der Waals surface area contributed by atoms with Gasteiger partial charge in [0.25, 0.3) is 0 Å². The molecule has 1 atom stereocenters. The number of rotatable bonds is 2. The molecular formula is C18H29N3. The van der Waals surface area contributed by atoms with Crippen LogP contribution in [0, 0.1) is 19.8 Å². The maximum Gasteiger partial charge on any atom is 0.0609 e. The second-order valence-electron chi connectivity index (χ2n) is 7.36. The van der Waals surface area contributed by atoms with Gasteiger partial charge in [-0.05, 0) is 44.7 Å². The van der Waals surface area contributed by atoms with Crippen LogP contribution < -0.4 is 10.2 Å². The van der Waals surface area contributed by atoms with Gasteiger partial charge in [0.2, 0.25) is 0 Å². The number of anilines is 1. The van der Waals surface area contributed by atoms with E-state index >= 15 is 0 Å². The molecular weight excluding hydrogens is 258 g/mol. The molecule has 3 nitrogen and oxygen atoms in total. The molecule has 1 aliphatic carbocycles. The quantitative estimate of drug-likeness (QED) is 0.903. The van der Waals surface area contributed by atoms with Crippen molar-refractivity contribution in [3.8, 4) is 0 Å². The Bertz CT molecular complexity index is 503. The molecule has 3 heteroatoms. The lowest BCUT2D eigenvalue weighted by Crippen LogP contribution is -2.64. The Kier molecular flexibility index (Phi) is 3.96. The number of piperazine rings is 1. The maximum atomic E-state index is 4.70. The molecule has 2 heterocycles. The summed E-state index contributed by atoms with van der Waals surface area (Å²) in [5.41, 5.74) is 3.98. The van der Waals surface area contributed by atoms with Crippen LogP contribution in [0.1, 0.15) is 50.9 Å². The molecule has 1 unspecified atom stereocenters. The third-order valence-electron chi connectivity index (χ3n) is 5.40. The van der Waals surface area contributed by atoms with E-state index in [1.54, 1.807) is 0 Å². The van der Waals surface area contributed by atoms with Crippen molar-refractivity contribution in [2.75, 3.05) is 18.0 Å². The minimum absolute atomic E-state index is 0.350. The Balaban J connectivity index is 1.93. The zero-order chi connectivity index (χ0) is 15.0. The Morgan fingerprint density at radius 3 is 2.57 bits per heavy atom. The summed E-state index contributed by atoms with van der Waals surface area (Å²) in [6, 6.07) is 5.00. The first-order valence-electron chi connectivity index (χ1n) is 8.47. The van der Waals surface area contributed by atoms with E-state index in [1.165, 1.54) is 37.1 Å². The molecule has 1 spiro atoms. The van der Waals surface area contributed by atoms with Crippen molar-refractivity contribution >= 4 is 5.69 Å². The zero-order valence-corrected chi connectivity index (χ0v) is 13.9. The predicted molar refractivity (Wildman–Crippen MR) is 88.9 cm³/mol. The summed E-state index contributed by atoms with van der Waals surface area (Å²) >= 11 is 0. The third-order valence-corrected chi connectivity index (χ3v) is 5.40. The molecule has 0 bridgehead atoms. The van der Waals surface area contributed by atoms with Gasteiger partial charge < -0.3 is 10.2 Å². The largest absolute Gasteiger partial charge is 0.364 e. The molecule has 1 aromatic heterocycles. The van der Waals surface area contributed by atoms with E-state index < -0.39 is 0 Å². The average Bonchev–Trinajstić information content (AvgIpc) is 2.86. The van der Waals surface area contributed by atoms with E-state index in [0.29, 0.717) is 17.5 Å². The lowest BCUT2D eigenvalue weighted by Gasteiger charge is -2.49. The van der Waals surface area contributed by atoms with Gasteiger partial charge in [0.15, 0.2) is 0 Å². The zero-order valence-electron chi connectivity index (χ0n) is 13.9. The third kappa shape index (κ3) is 2.80. The molecule has 1 N–H and O–H groups in total. The van der Waals surface area contributed by atoms with Crippen LogP contribution >= 0.6 is 0 Å². The van der Waals surface area contributed by atoms with Gasteiger partial charge in [-0.25, -0.2) is 0 Å². The number of nitrogens with one attached hydrogen (secondary N) is 1. The fourth-order valence-corrected chi connectivity index (χ4v) is 4.16. The monoisotopic (exact) mass is 287 g/mol. The van der Waals surface area contributed by atoms with Crippen molar-refractivity contribution < 1.29 is 0 Å². The molecule has 21 heavy (non-hydrogen) atoms. The summed E-state index contributed by atoms with van der Waals surface area (Å²) in [4.78, 5) is 7.34. The molecule has 0 amide bonds. The summed E-state index contributed by atoms with van der Waals surface area (Å²) in [5, 5.41) is 3.89. The molecule has 2 fully saturated rings. The van der Waals surface area contributed by atoms with E-state index in [2.05, 4.69) is 50.0 Å². The van der Waals surface area contributed by atoms with Crippen LogP contribution in [0.15, 0.2) is 12.1 Å². The Labute approximate surface area is 129 Å². The van der Waals surface area contributed by atoms with E-state index in [9.17, 15) is 0 Å². The van der Waals surface area contributed by atoms with Crippen LogP contribution in [0.3, 0.4) is 0 Å². The van der Waals surface area contributed by atoms with Crippen LogP contribution in [0.5, 0.6) is 0 Å². The van der Waals surface area contributed by atoms with Crippen LogP contribution in [-0.2, 0) is 0 Å². The highest BCUT2D eigenvalue weighted by Gasteiger charge is 2.42. The van der Waals surface area contributed by atoms with Crippen LogP contribution in [0.4, 0.5) is 5.69 Å². The molecule has 1 saturated carbocycles. The molecule has 3 rings (SSSR count). The summed E-state index contributed by atoms with van der Waals surface area (Å²) in [6.07, 6.45) is 5.40. The fourth-order valence-electron chi connectivity index (χ4n) is 4.16. The van der Waals surface area contributed by atoms with E-state index in [-0.39, 0.29) is 0 Å². The van der Waals surface area contributed by atoms with Gasteiger partial charge in [-0.15, -0.1) is 0 Å². The second-order valence-corrected chi connectivity index (χ2v) is 7.36. The Hall–Kier alpha value is -1.09. The van der Waals surface area contributed by atoms with Crippen molar-refractivity contribution in [1.82, 2.24) is 10.3 Å². The molecule has 2 aliphatic rings. The Morgan fingerprint density at radius 2 is 1.95 bits per heavy atom. The van der Waals surface area contributed by atoms with E-state index in [1.807, 2.05) is 0 Å². The molecule has 0 aromatic carbocycles. The van der Waals surface area contributed by atoms with Crippen molar-refractivity contribution in [3.05, 3.63) is 23.5 Å². The van der Waals surface area contributed by atoms with Crippen molar-refractivity contribution in [2.24, 2.45) is 5.92 Å². The highest BCUT2D eigenvalue weighted by Crippen LogP contribution is 2.37. The predicted octanol–water partition coefficient (Wildman–Crippen LogP) is 3.45. The van der Waals surface area contributed by atoms with Crippen molar-refractivity contribution in [3.63, 3.8) is 0 Å². The van der Waals surface area contributed by atoms with Gasteiger partial charge >= 0.3 is 0 Å². The maximum absolute atomic E-state index is 4.70. The first kappa shape index (κ1) is 14.8. The first-order valence-corrected chi connectivity index (χ1v) is 8.47. The van der Waals surface area contributed by atoms with Crippen LogP contribution in [-0.4, -0.2) is 29.7 Å².